The maximum atomic E-state index is 14.5. The predicted molar refractivity (Wildman–Crippen MR) is 146 cm³/mol. The highest BCUT2D eigenvalue weighted by Crippen LogP contribution is 2.60. The van der Waals surface area contributed by atoms with E-state index in [1.54, 1.807) is 37.3 Å². The summed E-state index contributed by atoms with van der Waals surface area (Å²) in [5, 5.41) is 2.85. The summed E-state index contributed by atoms with van der Waals surface area (Å²) in [6.07, 6.45) is 1.26. The lowest BCUT2D eigenvalue weighted by atomic mass is 9.62. The molecule has 0 saturated carbocycles. The number of hydrogen-bond acceptors (Lipinski definition) is 10. The second kappa shape index (κ2) is 10.9. The Morgan fingerprint density at radius 2 is 1.60 bits per heavy atom. The third kappa shape index (κ3) is 4.47. The van der Waals surface area contributed by atoms with Crippen LogP contribution in [0.2, 0.25) is 0 Å². The van der Waals surface area contributed by atoms with Crippen LogP contribution in [0.15, 0.2) is 53.1 Å². The summed E-state index contributed by atoms with van der Waals surface area (Å²) >= 11 is 0. The summed E-state index contributed by atoms with van der Waals surface area (Å²) in [7, 11) is 3.49. The van der Waals surface area contributed by atoms with Gasteiger partial charge in [-0.1, -0.05) is 36.8 Å². The molecule has 3 amide bonds. The van der Waals surface area contributed by atoms with Crippen molar-refractivity contribution in [3.63, 3.8) is 0 Å². The van der Waals surface area contributed by atoms with E-state index < -0.39 is 89.0 Å². The minimum atomic E-state index is -1.71. The number of methoxy groups -OCH3 is 3. The Balaban J connectivity index is 1.71. The van der Waals surface area contributed by atoms with Crippen molar-refractivity contribution in [3.8, 4) is 0 Å². The molecule has 0 unspecified atom stereocenters. The first-order chi connectivity index (χ1) is 20.4. The molecular formula is C31H32N2O10. The Labute approximate surface area is 247 Å². The fraction of sp³-hybridized carbons (Fsp3) is 0.452. The molecule has 1 aromatic carbocycles. The molecule has 7 atom stereocenters. The van der Waals surface area contributed by atoms with Crippen LogP contribution in [-0.4, -0.2) is 79.7 Å². The highest BCUT2D eigenvalue weighted by atomic mass is 16.5. The number of fused-ring (bicyclic) bond motifs is 2. The van der Waals surface area contributed by atoms with Crippen molar-refractivity contribution in [2.24, 2.45) is 35.5 Å². The quantitative estimate of drug-likeness (QED) is 0.287. The van der Waals surface area contributed by atoms with Gasteiger partial charge >= 0.3 is 17.9 Å². The summed E-state index contributed by atoms with van der Waals surface area (Å²) < 4.78 is 14.8. The van der Waals surface area contributed by atoms with Gasteiger partial charge in [0.25, 0.3) is 5.91 Å². The van der Waals surface area contributed by atoms with Gasteiger partial charge in [-0.3, -0.25) is 33.7 Å². The maximum absolute atomic E-state index is 14.5. The zero-order chi connectivity index (χ0) is 31.4. The summed E-state index contributed by atoms with van der Waals surface area (Å²) in [5.74, 6) is -10.7. The van der Waals surface area contributed by atoms with Gasteiger partial charge in [0.15, 0.2) is 5.78 Å². The lowest BCUT2D eigenvalue weighted by molar-refractivity contribution is -0.151. The number of rotatable bonds is 6. The number of esters is 3. The average molecular weight is 593 g/mol. The fourth-order valence-electron chi connectivity index (χ4n) is 7.44. The second-order valence-electron chi connectivity index (χ2n) is 11.4. The zero-order valence-electron chi connectivity index (χ0n) is 24.4. The van der Waals surface area contributed by atoms with Crippen LogP contribution in [0.1, 0.15) is 30.6 Å². The first-order valence-corrected chi connectivity index (χ1v) is 13.9. The molecule has 0 spiro atoms. The van der Waals surface area contributed by atoms with Crippen molar-refractivity contribution in [1.29, 1.82) is 0 Å². The van der Waals surface area contributed by atoms with Gasteiger partial charge in [-0.2, -0.15) is 0 Å². The van der Waals surface area contributed by atoms with E-state index in [2.05, 4.69) is 10.1 Å². The number of Topliss-reactive ketones (excluding diaryl/α,β-unsaturated/α-hetero) is 1. The van der Waals surface area contributed by atoms with Gasteiger partial charge in [0.2, 0.25) is 11.8 Å². The summed E-state index contributed by atoms with van der Waals surface area (Å²) in [4.78, 5) is 94.8. The molecule has 3 aliphatic carbocycles. The lowest BCUT2D eigenvalue weighted by Gasteiger charge is -2.39. The maximum Gasteiger partial charge on any atom is 0.333 e. The number of amides is 3. The van der Waals surface area contributed by atoms with E-state index in [-0.39, 0.29) is 23.1 Å². The van der Waals surface area contributed by atoms with Crippen LogP contribution in [0, 0.1) is 35.5 Å². The molecule has 226 valence electrons. The van der Waals surface area contributed by atoms with Crippen LogP contribution < -0.4 is 5.32 Å². The molecule has 1 aliphatic heterocycles. The minimum absolute atomic E-state index is 0.0632. The number of ether oxygens (including phenoxy) is 3. The highest BCUT2D eigenvalue weighted by molar-refractivity contribution is 6.14. The molecule has 0 bridgehead atoms. The van der Waals surface area contributed by atoms with Crippen LogP contribution in [0.3, 0.4) is 0 Å². The standard InChI is InChI=1S/C31H32N2O10/c1-14-20-22-17(23-21(14)27(37)33(28(23)38)13-19(34)41-3)11-16(29(39)42-4)12-18(30(40)43-5)24(22)31(2,25(20)35)32-26(36)15-9-7-6-8-10-15/h6-10,12,14,17-18,21,23-24H,11,13H2,1-5H3,(H,32,36)/t14-,17+,18+,21-,23+,24+,31+/m0/s1. The molecule has 0 radical (unpaired) electrons. The Hall–Kier alpha value is -4.61. The zero-order valence-corrected chi connectivity index (χ0v) is 24.4. The van der Waals surface area contributed by atoms with Gasteiger partial charge in [-0.15, -0.1) is 0 Å². The summed E-state index contributed by atoms with van der Waals surface area (Å²) in [6, 6.07) is 8.23. The number of likely N-dealkylation sites (tertiary alicyclic amines) is 1. The van der Waals surface area contributed by atoms with E-state index >= 15 is 0 Å². The first kappa shape index (κ1) is 29.9. The van der Waals surface area contributed by atoms with Gasteiger partial charge in [0, 0.05) is 22.6 Å². The number of benzene rings is 1. The number of hydrogen-bond donors (Lipinski definition) is 1. The predicted octanol–water partition coefficient (Wildman–Crippen LogP) is 1.00. The molecule has 12 heteroatoms. The molecule has 43 heavy (non-hydrogen) atoms. The van der Waals surface area contributed by atoms with E-state index in [0.717, 1.165) is 12.0 Å². The first-order valence-electron chi connectivity index (χ1n) is 13.9. The van der Waals surface area contributed by atoms with Crippen LogP contribution in [0.25, 0.3) is 0 Å². The van der Waals surface area contributed by atoms with Crippen molar-refractivity contribution >= 4 is 41.4 Å². The number of nitrogens with one attached hydrogen (secondary N) is 1. The van der Waals surface area contributed by atoms with Gasteiger partial charge in [0.05, 0.1) is 39.1 Å². The van der Waals surface area contributed by atoms with Gasteiger partial charge < -0.3 is 19.5 Å². The Morgan fingerprint density at radius 3 is 2.21 bits per heavy atom. The van der Waals surface area contributed by atoms with Crippen molar-refractivity contribution in [2.45, 2.75) is 25.8 Å². The summed E-state index contributed by atoms with van der Waals surface area (Å²) in [6.45, 7) is 2.56. The number of nitrogens with zero attached hydrogens (tertiary/aromatic N) is 1. The SMILES string of the molecule is COC(=O)CN1C(=O)[C@@H]2[C@H](C1=O)[C@@H]1CC(C(=O)OC)=C[C@@H](C(=O)OC)[C@@H]3C1=C(C(=O)[C@]3(C)NC(=O)c1ccccc1)[C@@H]2C. The number of imide groups is 1. The van der Waals surface area contributed by atoms with Gasteiger partial charge in [-0.05, 0) is 37.3 Å². The fourth-order valence-corrected chi connectivity index (χ4v) is 7.44. The Kier molecular flexibility index (Phi) is 7.57. The van der Waals surface area contributed by atoms with Crippen molar-refractivity contribution in [1.82, 2.24) is 10.2 Å². The molecule has 1 heterocycles. The highest BCUT2D eigenvalue weighted by Gasteiger charge is 2.67. The van der Waals surface area contributed by atoms with Crippen molar-refractivity contribution in [2.75, 3.05) is 27.9 Å². The number of ketones is 1. The third-order valence-corrected chi connectivity index (χ3v) is 9.33. The molecule has 1 saturated heterocycles. The van der Waals surface area contributed by atoms with E-state index in [1.807, 2.05) is 0 Å². The molecule has 0 aromatic heterocycles. The van der Waals surface area contributed by atoms with E-state index in [1.165, 1.54) is 27.2 Å². The topological polar surface area (TPSA) is 162 Å². The molecular weight excluding hydrogens is 560 g/mol. The molecule has 12 nitrogen and oxygen atoms in total. The van der Waals surface area contributed by atoms with Crippen molar-refractivity contribution in [3.05, 3.63) is 58.7 Å². The molecule has 1 N–H and O–H groups in total. The van der Waals surface area contributed by atoms with E-state index in [0.29, 0.717) is 5.57 Å². The normalized spacial score (nSPS) is 31.0. The lowest BCUT2D eigenvalue weighted by Crippen LogP contribution is -2.57. The number of carbonyl (C=O) groups excluding carboxylic acids is 7. The van der Waals surface area contributed by atoms with Crippen LogP contribution in [0.5, 0.6) is 0 Å². The second-order valence-corrected chi connectivity index (χ2v) is 11.4. The molecule has 4 aliphatic rings. The van der Waals surface area contributed by atoms with E-state index in [4.69, 9.17) is 9.47 Å². The molecule has 1 aromatic rings. The minimum Gasteiger partial charge on any atom is -0.469 e. The largest absolute Gasteiger partial charge is 0.469 e. The molecule has 5 rings (SSSR count). The average Bonchev–Trinajstić information content (AvgIpc) is 3.28. The Bertz CT molecular complexity index is 1510. The van der Waals surface area contributed by atoms with E-state index in [9.17, 15) is 33.6 Å². The van der Waals surface area contributed by atoms with Crippen LogP contribution >= 0.6 is 0 Å². The monoisotopic (exact) mass is 592 g/mol. The van der Waals surface area contributed by atoms with Gasteiger partial charge in [-0.25, -0.2) is 4.79 Å². The smallest absolute Gasteiger partial charge is 0.333 e. The molecule has 1 fully saturated rings. The summed E-state index contributed by atoms with van der Waals surface area (Å²) in [5.41, 5.74) is -0.724. The third-order valence-electron chi connectivity index (χ3n) is 9.33. The van der Waals surface area contributed by atoms with Crippen LogP contribution in [-0.2, 0) is 43.0 Å². The Morgan fingerprint density at radius 1 is 0.953 bits per heavy atom. The van der Waals surface area contributed by atoms with Crippen LogP contribution in [0.4, 0.5) is 0 Å². The number of carbonyl (C=O) groups is 7. The van der Waals surface area contributed by atoms with Crippen molar-refractivity contribution < 1.29 is 47.8 Å². The van der Waals surface area contributed by atoms with Gasteiger partial charge in [0.1, 0.15) is 12.1 Å².